The second-order valence-corrected chi connectivity index (χ2v) is 5.79. The fourth-order valence-corrected chi connectivity index (χ4v) is 3.27. The molecule has 5 heteroatoms. The number of nitrogens with one attached hydrogen (secondary N) is 1. The van der Waals surface area contributed by atoms with Crippen molar-refractivity contribution < 1.29 is 4.79 Å². The van der Waals surface area contributed by atoms with E-state index in [2.05, 4.69) is 10.3 Å². The molecule has 1 N–H and O–H groups in total. The minimum absolute atomic E-state index is 0.0216. The molecule has 1 fully saturated rings. The number of aromatic nitrogens is 2. The second kappa shape index (κ2) is 5.44. The molecule has 0 spiro atoms. The van der Waals surface area contributed by atoms with Crippen LogP contribution in [0.1, 0.15) is 42.6 Å². The van der Waals surface area contributed by atoms with Gasteiger partial charge in [-0.2, -0.15) is 0 Å². The van der Waals surface area contributed by atoms with Crippen molar-refractivity contribution in [3.63, 3.8) is 0 Å². The molecule has 0 atom stereocenters. The van der Waals surface area contributed by atoms with Gasteiger partial charge >= 0.3 is 0 Å². The Hall–Kier alpha value is -1.55. The van der Waals surface area contributed by atoms with Crippen molar-refractivity contribution in [1.29, 1.82) is 0 Å². The van der Waals surface area contributed by atoms with Crippen LogP contribution in [0.25, 0.3) is 10.9 Å². The van der Waals surface area contributed by atoms with Crippen LogP contribution in [0.2, 0.25) is 5.15 Å². The average Bonchev–Trinajstić information content (AvgIpc) is 2.79. The number of hydrogen-bond donors (Lipinski definition) is 1. The van der Waals surface area contributed by atoms with Gasteiger partial charge in [0.15, 0.2) is 5.15 Å². The molecule has 0 radical (unpaired) electrons. The van der Waals surface area contributed by atoms with Gasteiger partial charge in [0.1, 0.15) is 5.69 Å². The topological polar surface area (TPSA) is 46.9 Å². The number of hydrogen-bond acceptors (Lipinski definition) is 2. The Morgan fingerprint density at radius 1 is 1.40 bits per heavy atom. The zero-order valence-electron chi connectivity index (χ0n) is 11.5. The number of aryl methyl sites for hydroxylation is 1. The summed E-state index contributed by atoms with van der Waals surface area (Å²) in [7, 11) is 1.85. The zero-order valence-corrected chi connectivity index (χ0v) is 12.3. The molecule has 1 saturated carbocycles. The summed E-state index contributed by atoms with van der Waals surface area (Å²) in [6.07, 6.45) is 7.51. The van der Waals surface area contributed by atoms with Gasteiger partial charge in [-0.05, 0) is 25.0 Å². The molecule has 20 heavy (non-hydrogen) atoms. The van der Waals surface area contributed by atoms with Gasteiger partial charge in [-0.25, -0.2) is 4.98 Å². The smallest absolute Gasteiger partial charge is 0.268 e. The molecule has 106 valence electrons. The Balaban J connectivity index is 1.87. The lowest BCUT2D eigenvalue weighted by Crippen LogP contribution is -2.36. The highest BCUT2D eigenvalue weighted by atomic mass is 35.5. The number of fused-ring (bicyclic) bond motifs is 1. The lowest BCUT2D eigenvalue weighted by Gasteiger charge is -2.22. The first-order chi connectivity index (χ1) is 9.66. The largest absolute Gasteiger partial charge is 0.348 e. The van der Waals surface area contributed by atoms with Crippen LogP contribution in [0.5, 0.6) is 0 Å². The molecule has 2 aromatic rings. The first kappa shape index (κ1) is 13.4. The van der Waals surface area contributed by atoms with Gasteiger partial charge in [-0.1, -0.05) is 30.9 Å². The Kier molecular flexibility index (Phi) is 3.66. The van der Waals surface area contributed by atoms with Crippen LogP contribution in [0.15, 0.2) is 18.3 Å². The van der Waals surface area contributed by atoms with Crippen LogP contribution in [-0.4, -0.2) is 21.5 Å². The number of halogens is 1. The molecule has 1 aliphatic carbocycles. The van der Waals surface area contributed by atoms with E-state index in [1.807, 2.05) is 23.7 Å². The quantitative estimate of drug-likeness (QED) is 0.863. The van der Waals surface area contributed by atoms with Gasteiger partial charge in [0.2, 0.25) is 0 Å². The van der Waals surface area contributed by atoms with Crippen molar-refractivity contribution in [2.75, 3.05) is 0 Å². The first-order valence-electron chi connectivity index (χ1n) is 7.07. The summed E-state index contributed by atoms with van der Waals surface area (Å²) in [5.74, 6) is -0.0216. The Bertz CT molecular complexity index is 644. The molecular weight excluding hydrogens is 274 g/mol. The maximum Gasteiger partial charge on any atom is 0.268 e. The number of carbonyl (C=O) groups excluding carboxylic acids is 1. The van der Waals surface area contributed by atoms with Gasteiger partial charge in [-0.3, -0.25) is 4.79 Å². The summed E-state index contributed by atoms with van der Waals surface area (Å²) in [5.41, 5.74) is 1.45. The maximum atomic E-state index is 12.4. The molecule has 2 heterocycles. The predicted molar refractivity (Wildman–Crippen MR) is 80.1 cm³/mol. The predicted octanol–water partition coefficient (Wildman–Crippen LogP) is 3.29. The monoisotopic (exact) mass is 291 g/mol. The summed E-state index contributed by atoms with van der Waals surface area (Å²) in [6, 6.07) is 4.06. The highest BCUT2D eigenvalue weighted by Gasteiger charge is 2.20. The van der Waals surface area contributed by atoms with Crippen LogP contribution in [0, 0.1) is 0 Å². The highest BCUT2D eigenvalue weighted by molar-refractivity contribution is 6.34. The summed E-state index contributed by atoms with van der Waals surface area (Å²) in [4.78, 5) is 16.5. The lowest BCUT2D eigenvalue weighted by molar-refractivity contribution is 0.0920. The number of amides is 1. The normalized spacial score (nSPS) is 16.5. The summed E-state index contributed by atoms with van der Waals surface area (Å²) in [6.45, 7) is 0. The number of carbonyl (C=O) groups is 1. The molecule has 0 aliphatic heterocycles. The van der Waals surface area contributed by atoms with Crippen LogP contribution in [0.4, 0.5) is 0 Å². The third-order valence-corrected chi connectivity index (χ3v) is 4.35. The van der Waals surface area contributed by atoms with Crippen LogP contribution >= 0.6 is 11.6 Å². The molecule has 4 nitrogen and oxygen atoms in total. The fourth-order valence-electron chi connectivity index (χ4n) is 2.98. The van der Waals surface area contributed by atoms with Crippen LogP contribution < -0.4 is 5.32 Å². The molecule has 0 bridgehead atoms. The van der Waals surface area contributed by atoms with Gasteiger partial charge in [0.25, 0.3) is 5.91 Å². The van der Waals surface area contributed by atoms with E-state index in [9.17, 15) is 4.79 Å². The van der Waals surface area contributed by atoms with Crippen molar-refractivity contribution in [1.82, 2.24) is 14.9 Å². The highest BCUT2D eigenvalue weighted by Crippen LogP contribution is 2.24. The third kappa shape index (κ3) is 2.40. The van der Waals surface area contributed by atoms with Crippen LogP contribution in [-0.2, 0) is 7.05 Å². The minimum Gasteiger partial charge on any atom is -0.348 e. The van der Waals surface area contributed by atoms with Gasteiger partial charge < -0.3 is 9.88 Å². The van der Waals surface area contributed by atoms with Gasteiger partial charge in [0.05, 0.1) is 5.52 Å². The van der Waals surface area contributed by atoms with Crippen molar-refractivity contribution in [3.05, 3.63) is 29.2 Å². The second-order valence-electron chi connectivity index (χ2n) is 5.44. The molecule has 0 aromatic carbocycles. The van der Waals surface area contributed by atoms with E-state index in [0.29, 0.717) is 16.9 Å². The summed E-state index contributed by atoms with van der Waals surface area (Å²) >= 11 is 6.11. The molecule has 0 saturated heterocycles. The molecule has 2 aromatic heterocycles. The fraction of sp³-hybridized carbons (Fsp3) is 0.467. The molecule has 1 aliphatic rings. The number of nitrogens with zero attached hydrogens (tertiary/aromatic N) is 2. The van der Waals surface area contributed by atoms with Crippen molar-refractivity contribution in [2.24, 2.45) is 7.05 Å². The standard InChI is InChI=1S/C15H18ClN3O/c1-19-12(9-10-7-8-17-14(16)13(10)19)15(20)18-11-5-3-2-4-6-11/h7-9,11H,2-6H2,1H3,(H,18,20). The number of rotatable bonds is 2. The van der Waals surface area contributed by atoms with E-state index >= 15 is 0 Å². The average molecular weight is 292 g/mol. The zero-order chi connectivity index (χ0) is 14.1. The van der Waals surface area contributed by atoms with Crippen molar-refractivity contribution >= 4 is 28.4 Å². The van der Waals surface area contributed by atoms with Crippen LogP contribution in [0.3, 0.4) is 0 Å². The third-order valence-electron chi connectivity index (χ3n) is 4.07. The molecule has 0 unspecified atom stereocenters. The van der Waals surface area contributed by atoms with Gasteiger partial charge in [0, 0.05) is 24.7 Å². The Morgan fingerprint density at radius 2 is 2.15 bits per heavy atom. The van der Waals surface area contributed by atoms with E-state index in [1.54, 1.807) is 6.20 Å². The molecule has 1 amide bonds. The maximum absolute atomic E-state index is 12.4. The Morgan fingerprint density at radius 3 is 2.85 bits per heavy atom. The SMILES string of the molecule is Cn1c(C(=O)NC2CCCCC2)cc2ccnc(Cl)c21. The Labute approximate surface area is 123 Å². The van der Waals surface area contributed by atoms with Crippen molar-refractivity contribution in [2.45, 2.75) is 38.1 Å². The lowest BCUT2D eigenvalue weighted by atomic mass is 9.95. The van der Waals surface area contributed by atoms with Crippen molar-refractivity contribution in [3.8, 4) is 0 Å². The van der Waals surface area contributed by atoms with E-state index in [1.165, 1.54) is 19.3 Å². The summed E-state index contributed by atoms with van der Waals surface area (Å²) < 4.78 is 1.82. The van der Waals surface area contributed by atoms with E-state index < -0.39 is 0 Å². The minimum atomic E-state index is -0.0216. The van der Waals surface area contributed by atoms with Gasteiger partial charge in [-0.15, -0.1) is 0 Å². The van der Waals surface area contributed by atoms with E-state index in [0.717, 1.165) is 23.7 Å². The first-order valence-corrected chi connectivity index (χ1v) is 7.45. The van der Waals surface area contributed by atoms with E-state index in [-0.39, 0.29) is 5.91 Å². The molecule has 3 rings (SSSR count). The number of pyridine rings is 1. The summed E-state index contributed by atoms with van der Waals surface area (Å²) in [5, 5.41) is 4.51. The molecular formula is C15H18ClN3O. The van der Waals surface area contributed by atoms with E-state index in [4.69, 9.17) is 11.6 Å².